The highest BCUT2D eigenvalue weighted by atomic mass is 19.1. The fourth-order valence-electron chi connectivity index (χ4n) is 2.26. The smallest absolute Gasteiger partial charge is 0.126 e. The summed E-state index contributed by atoms with van der Waals surface area (Å²) in [5, 5.41) is 3.32. The van der Waals surface area contributed by atoms with Crippen molar-refractivity contribution in [3.05, 3.63) is 35.1 Å². The third kappa shape index (κ3) is 3.27. The van der Waals surface area contributed by atoms with E-state index in [1.54, 1.807) is 6.07 Å². The Balaban J connectivity index is 2.04. The highest BCUT2D eigenvalue weighted by Gasteiger charge is 2.12. The van der Waals surface area contributed by atoms with Crippen molar-refractivity contribution in [1.82, 2.24) is 10.2 Å². The summed E-state index contributed by atoms with van der Waals surface area (Å²) in [6.45, 7) is 9.07. The molecule has 1 aliphatic rings. The summed E-state index contributed by atoms with van der Waals surface area (Å²) in [6, 6.07) is 5.68. The molecule has 94 valence electrons. The molecule has 0 aliphatic carbocycles. The van der Waals surface area contributed by atoms with Crippen molar-refractivity contribution in [3.8, 4) is 0 Å². The Morgan fingerprint density at radius 2 is 2.00 bits per heavy atom. The minimum atomic E-state index is -0.0624. The standard InChI is InChI=1S/C14H21FN2/c1-11(2)13-4-3-12(9-14(13)15)10-17-7-5-16-6-8-17/h3-4,9,11,16H,5-8,10H2,1-2H3. The van der Waals surface area contributed by atoms with E-state index in [2.05, 4.69) is 16.3 Å². The van der Waals surface area contributed by atoms with Crippen molar-refractivity contribution in [2.24, 2.45) is 0 Å². The van der Waals surface area contributed by atoms with Crippen LogP contribution >= 0.6 is 0 Å². The molecule has 0 unspecified atom stereocenters. The van der Waals surface area contributed by atoms with E-state index >= 15 is 0 Å². The first-order valence-electron chi connectivity index (χ1n) is 6.38. The van der Waals surface area contributed by atoms with E-state index in [9.17, 15) is 4.39 Å². The van der Waals surface area contributed by atoms with E-state index in [0.29, 0.717) is 0 Å². The van der Waals surface area contributed by atoms with Crippen LogP contribution in [0.4, 0.5) is 4.39 Å². The zero-order chi connectivity index (χ0) is 12.3. The molecular formula is C14H21FN2. The Morgan fingerprint density at radius 3 is 2.59 bits per heavy atom. The lowest BCUT2D eigenvalue weighted by Gasteiger charge is -2.27. The van der Waals surface area contributed by atoms with Crippen LogP contribution < -0.4 is 5.32 Å². The predicted octanol–water partition coefficient (Wildman–Crippen LogP) is 2.35. The minimum absolute atomic E-state index is 0.0624. The largest absolute Gasteiger partial charge is 0.314 e. The van der Waals surface area contributed by atoms with Crippen molar-refractivity contribution in [2.45, 2.75) is 26.3 Å². The first-order chi connectivity index (χ1) is 8.16. The van der Waals surface area contributed by atoms with Gasteiger partial charge in [0.25, 0.3) is 0 Å². The minimum Gasteiger partial charge on any atom is -0.314 e. The van der Waals surface area contributed by atoms with Gasteiger partial charge in [-0.25, -0.2) is 4.39 Å². The van der Waals surface area contributed by atoms with Crippen molar-refractivity contribution >= 4 is 0 Å². The molecule has 1 aromatic carbocycles. The van der Waals surface area contributed by atoms with Gasteiger partial charge < -0.3 is 5.32 Å². The molecule has 1 N–H and O–H groups in total. The first-order valence-corrected chi connectivity index (χ1v) is 6.38. The van der Waals surface area contributed by atoms with E-state index in [1.807, 2.05) is 19.9 Å². The van der Waals surface area contributed by atoms with Crippen molar-refractivity contribution in [1.29, 1.82) is 0 Å². The van der Waals surface area contributed by atoms with E-state index in [0.717, 1.165) is 43.9 Å². The number of piperazine rings is 1. The van der Waals surface area contributed by atoms with Crippen LogP contribution in [-0.4, -0.2) is 31.1 Å². The van der Waals surface area contributed by atoms with Gasteiger partial charge >= 0.3 is 0 Å². The summed E-state index contributed by atoms with van der Waals surface area (Å²) in [7, 11) is 0. The quantitative estimate of drug-likeness (QED) is 0.866. The Labute approximate surface area is 103 Å². The number of hydrogen-bond donors (Lipinski definition) is 1. The maximum Gasteiger partial charge on any atom is 0.126 e. The lowest BCUT2D eigenvalue weighted by atomic mass is 10.0. The Hall–Kier alpha value is -0.930. The SMILES string of the molecule is CC(C)c1ccc(CN2CCNCC2)cc1F. The van der Waals surface area contributed by atoms with Gasteiger partial charge in [-0.1, -0.05) is 26.0 Å². The molecule has 1 fully saturated rings. The number of hydrogen-bond acceptors (Lipinski definition) is 2. The molecule has 1 aromatic rings. The van der Waals surface area contributed by atoms with Crippen LogP contribution in [0.1, 0.15) is 30.9 Å². The van der Waals surface area contributed by atoms with Crippen molar-refractivity contribution < 1.29 is 4.39 Å². The van der Waals surface area contributed by atoms with Crippen molar-refractivity contribution in [3.63, 3.8) is 0 Å². The molecule has 0 spiro atoms. The van der Waals surface area contributed by atoms with Gasteiger partial charge in [0.05, 0.1) is 0 Å². The summed E-state index contributed by atoms with van der Waals surface area (Å²) < 4.78 is 13.8. The van der Waals surface area contributed by atoms with E-state index in [-0.39, 0.29) is 11.7 Å². The Bertz CT molecular complexity index is 370. The highest BCUT2D eigenvalue weighted by Crippen LogP contribution is 2.20. The second-order valence-electron chi connectivity index (χ2n) is 5.04. The number of nitrogens with zero attached hydrogens (tertiary/aromatic N) is 1. The molecule has 0 bridgehead atoms. The fraction of sp³-hybridized carbons (Fsp3) is 0.571. The summed E-state index contributed by atoms with van der Waals surface area (Å²) in [5.41, 5.74) is 1.89. The first kappa shape index (κ1) is 12.5. The second-order valence-corrected chi connectivity index (χ2v) is 5.04. The Kier molecular flexibility index (Phi) is 4.13. The zero-order valence-electron chi connectivity index (χ0n) is 10.7. The lowest BCUT2D eigenvalue weighted by molar-refractivity contribution is 0.233. The van der Waals surface area contributed by atoms with Gasteiger partial charge in [-0.2, -0.15) is 0 Å². The molecule has 17 heavy (non-hydrogen) atoms. The molecule has 1 aliphatic heterocycles. The molecule has 1 heterocycles. The van der Waals surface area contributed by atoms with Crippen molar-refractivity contribution in [2.75, 3.05) is 26.2 Å². The van der Waals surface area contributed by atoms with Crippen LogP contribution in [0.25, 0.3) is 0 Å². The summed E-state index contributed by atoms with van der Waals surface area (Å²) in [5.74, 6) is 0.191. The summed E-state index contributed by atoms with van der Waals surface area (Å²) in [4.78, 5) is 2.36. The van der Waals surface area contributed by atoms with Gasteiger partial charge in [-0.15, -0.1) is 0 Å². The molecule has 0 atom stereocenters. The molecular weight excluding hydrogens is 215 g/mol. The average Bonchev–Trinajstić information content (AvgIpc) is 2.30. The number of rotatable bonds is 3. The van der Waals surface area contributed by atoms with E-state index in [1.165, 1.54) is 0 Å². The predicted molar refractivity (Wildman–Crippen MR) is 68.6 cm³/mol. The van der Waals surface area contributed by atoms with Gasteiger partial charge in [0.1, 0.15) is 5.82 Å². The normalized spacial score (nSPS) is 17.6. The van der Waals surface area contributed by atoms with Gasteiger partial charge in [0.15, 0.2) is 0 Å². The van der Waals surface area contributed by atoms with Gasteiger partial charge in [0, 0.05) is 32.7 Å². The molecule has 0 saturated carbocycles. The number of nitrogens with one attached hydrogen (secondary N) is 1. The Morgan fingerprint density at radius 1 is 1.29 bits per heavy atom. The third-order valence-corrected chi connectivity index (χ3v) is 3.30. The number of benzene rings is 1. The van der Waals surface area contributed by atoms with Crippen LogP contribution in [0.2, 0.25) is 0 Å². The third-order valence-electron chi connectivity index (χ3n) is 3.30. The van der Waals surface area contributed by atoms with Crippen LogP contribution in [0.3, 0.4) is 0 Å². The van der Waals surface area contributed by atoms with Gasteiger partial charge in [-0.05, 0) is 23.1 Å². The maximum absolute atomic E-state index is 13.8. The number of halogens is 1. The molecule has 2 rings (SSSR count). The average molecular weight is 236 g/mol. The lowest BCUT2D eigenvalue weighted by Crippen LogP contribution is -2.42. The fourth-order valence-corrected chi connectivity index (χ4v) is 2.26. The maximum atomic E-state index is 13.8. The second kappa shape index (κ2) is 5.61. The molecule has 0 aromatic heterocycles. The highest BCUT2D eigenvalue weighted by molar-refractivity contribution is 5.26. The molecule has 0 radical (unpaired) electrons. The van der Waals surface area contributed by atoms with E-state index in [4.69, 9.17) is 0 Å². The van der Waals surface area contributed by atoms with E-state index < -0.39 is 0 Å². The summed E-state index contributed by atoms with van der Waals surface area (Å²) in [6.07, 6.45) is 0. The zero-order valence-corrected chi connectivity index (χ0v) is 10.7. The van der Waals surface area contributed by atoms with Crippen LogP contribution in [0.15, 0.2) is 18.2 Å². The van der Waals surface area contributed by atoms with Crippen LogP contribution in [-0.2, 0) is 6.54 Å². The molecule has 3 heteroatoms. The monoisotopic (exact) mass is 236 g/mol. The molecule has 2 nitrogen and oxygen atoms in total. The van der Waals surface area contributed by atoms with Gasteiger partial charge in [-0.3, -0.25) is 4.90 Å². The van der Waals surface area contributed by atoms with Gasteiger partial charge in [0.2, 0.25) is 0 Å². The van der Waals surface area contributed by atoms with Crippen LogP contribution in [0, 0.1) is 5.82 Å². The molecule has 1 saturated heterocycles. The molecule has 0 amide bonds. The van der Waals surface area contributed by atoms with Crippen LogP contribution in [0.5, 0.6) is 0 Å². The summed E-state index contributed by atoms with van der Waals surface area (Å²) >= 11 is 0. The topological polar surface area (TPSA) is 15.3 Å².